The van der Waals surface area contributed by atoms with Crippen LogP contribution in [0, 0.1) is 0 Å². The molecule has 3 rings (SSSR count). The van der Waals surface area contributed by atoms with Crippen LogP contribution in [0.1, 0.15) is 16.1 Å². The molecule has 4 amide bonds. The summed E-state index contributed by atoms with van der Waals surface area (Å²) in [6.07, 6.45) is 2.89. The SMILES string of the molecule is CN(CC(=O)NCCN1C(=O)S/C(=C\c2ccc(Cl)cc2Cl)C1=O)C(=O)c1ccco1. The predicted molar refractivity (Wildman–Crippen MR) is 118 cm³/mol. The highest BCUT2D eigenvalue weighted by Crippen LogP contribution is 2.33. The Morgan fingerprint density at radius 3 is 2.71 bits per heavy atom. The number of likely N-dealkylation sites (N-methyl/N-ethyl adjacent to an activating group) is 1. The number of hydrogen-bond donors (Lipinski definition) is 1. The number of halogens is 2. The van der Waals surface area contributed by atoms with Gasteiger partial charge < -0.3 is 14.6 Å². The summed E-state index contributed by atoms with van der Waals surface area (Å²) in [6, 6.07) is 7.91. The van der Waals surface area contributed by atoms with E-state index in [4.69, 9.17) is 27.6 Å². The van der Waals surface area contributed by atoms with Gasteiger partial charge in [0.15, 0.2) is 5.76 Å². The number of imide groups is 1. The van der Waals surface area contributed by atoms with Gasteiger partial charge in [-0.3, -0.25) is 24.1 Å². The van der Waals surface area contributed by atoms with Crippen molar-refractivity contribution >= 4 is 64.0 Å². The third-order valence-corrected chi connectivity index (χ3v) is 5.71. The molecule has 1 N–H and O–H groups in total. The fourth-order valence-corrected chi connectivity index (χ4v) is 4.01. The zero-order chi connectivity index (χ0) is 22.5. The van der Waals surface area contributed by atoms with Gasteiger partial charge in [0.05, 0.1) is 17.7 Å². The zero-order valence-electron chi connectivity index (χ0n) is 16.3. The second-order valence-corrected chi connectivity index (χ2v) is 8.32. The molecule has 0 bridgehead atoms. The Morgan fingerprint density at radius 1 is 1.26 bits per heavy atom. The minimum absolute atomic E-state index is 0.00204. The smallest absolute Gasteiger partial charge is 0.293 e. The van der Waals surface area contributed by atoms with Crippen molar-refractivity contribution in [3.63, 3.8) is 0 Å². The lowest BCUT2D eigenvalue weighted by Crippen LogP contribution is -2.42. The van der Waals surface area contributed by atoms with Crippen LogP contribution in [0.15, 0.2) is 45.9 Å². The average molecular weight is 482 g/mol. The lowest BCUT2D eigenvalue weighted by Gasteiger charge is -2.16. The van der Waals surface area contributed by atoms with E-state index in [1.807, 2.05) is 0 Å². The topological polar surface area (TPSA) is 99.9 Å². The molecule has 1 aliphatic heterocycles. The summed E-state index contributed by atoms with van der Waals surface area (Å²) >= 11 is 12.8. The second-order valence-electron chi connectivity index (χ2n) is 6.49. The number of carbonyl (C=O) groups is 4. The normalized spacial score (nSPS) is 14.9. The van der Waals surface area contributed by atoms with Crippen LogP contribution in [0.4, 0.5) is 4.79 Å². The molecule has 0 unspecified atom stereocenters. The summed E-state index contributed by atoms with van der Waals surface area (Å²) in [7, 11) is 1.47. The van der Waals surface area contributed by atoms with Crippen LogP contribution in [0.2, 0.25) is 10.0 Å². The minimum atomic E-state index is -0.472. The molecule has 0 aliphatic carbocycles. The van der Waals surface area contributed by atoms with Crippen molar-refractivity contribution in [1.82, 2.24) is 15.1 Å². The van der Waals surface area contributed by atoms with Crippen molar-refractivity contribution in [3.8, 4) is 0 Å². The van der Waals surface area contributed by atoms with Gasteiger partial charge in [0, 0.05) is 30.2 Å². The first-order valence-corrected chi connectivity index (χ1v) is 10.6. The van der Waals surface area contributed by atoms with Gasteiger partial charge in [0.25, 0.3) is 17.1 Å². The molecule has 0 spiro atoms. The number of carbonyl (C=O) groups excluding carboxylic acids is 4. The largest absolute Gasteiger partial charge is 0.459 e. The number of amides is 4. The van der Waals surface area contributed by atoms with Crippen molar-refractivity contribution in [2.75, 3.05) is 26.7 Å². The summed E-state index contributed by atoms with van der Waals surface area (Å²) in [5.74, 6) is -1.21. The lowest BCUT2D eigenvalue weighted by molar-refractivity contribution is -0.124. The van der Waals surface area contributed by atoms with Crippen LogP contribution in [0.3, 0.4) is 0 Å². The Morgan fingerprint density at radius 2 is 2.03 bits per heavy atom. The molecule has 162 valence electrons. The molecule has 0 atom stereocenters. The van der Waals surface area contributed by atoms with E-state index < -0.39 is 23.0 Å². The average Bonchev–Trinajstić information content (AvgIpc) is 3.34. The second kappa shape index (κ2) is 10.0. The number of benzene rings is 1. The molecule has 31 heavy (non-hydrogen) atoms. The lowest BCUT2D eigenvalue weighted by atomic mass is 10.2. The molecular weight excluding hydrogens is 465 g/mol. The maximum atomic E-state index is 12.5. The third-order valence-electron chi connectivity index (χ3n) is 4.24. The van der Waals surface area contributed by atoms with E-state index in [-0.39, 0.29) is 30.3 Å². The molecule has 8 nitrogen and oxygen atoms in total. The Balaban J connectivity index is 1.52. The Kier molecular flexibility index (Phi) is 7.42. The van der Waals surface area contributed by atoms with Crippen molar-refractivity contribution in [3.05, 3.63) is 62.9 Å². The number of furan rings is 1. The quantitative estimate of drug-likeness (QED) is 0.607. The van der Waals surface area contributed by atoms with E-state index >= 15 is 0 Å². The molecular formula is C20H17Cl2N3O5S. The van der Waals surface area contributed by atoms with E-state index in [0.29, 0.717) is 15.6 Å². The van der Waals surface area contributed by atoms with Gasteiger partial charge in [-0.1, -0.05) is 29.3 Å². The van der Waals surface area contributed by atoms with E-state index in [2.05, 4.69) is 5.32 Å². The van der Waals surface area contributed by atoms with Crippen molar-refractivity contribution in [2.45, 2.75) is 0 Å². The maximum Gasteiger partial charge on any atom is 0.293 e. The number of rotatable bonds is 7. The zero-order valence-corrected chi connectivity index (χ0v) is 18.6. The molecule has 1 fully saturated rings. The molecule has 1 aliphatic rings. The maximum absolute atomic E-state index is 12.5. The van der Waals surface area contributed by atoms with E-state index in [1.54, 1.807) is 24.3 Å². The molecule has 0 radical (unpaired) electrons. The number of nitrogens with one attached hydrogen (secondary N) is 1. The van der Waals surface area contributed by atoms with Crippen LogP contribution in [0.5, 0.6) is 0 Å². The van der Waals surface area contributed by atoms with Crippen molar-refractivity contribution in [1.29, 1.82) is 0 Å². The van der Waals surface area contributed by atoms with Gasteiger partial charge >= 0.3 is 0 Å². The van der Waals surface area contributed by atoms with Crippen molar-refractivity contribution < 1.29 is 23.6 Å². The molecule has 1 aromatic heterocycles. The number of thioether (sulfide) groups is 1. The van der Waals surface area contributed by atoms with Gasteiger partial charge in [-0.2, -0.15) is 0 Å². The number of nitrogens with zero attached hydrogens (tertiary/aromatic N) is 2. The summed E-state index contributed by atoms with van der Waals surface area (Å²) in [5.41, 5.74) is 0.564. The first-order chi connectivity index (χ1) is 14.8. The third kappa shape index (κ3) is 5.69. The van der Waals surface area contributed by atoms with Gasteiger partial charge in [-0.25, -0.2) is 0 Å². The van der Waals surface area contributed by atoms with Gasteiger partial charge in [0.2, 0.25) is 5.91 Å². The van der Waals surface area contributed by atoms with Crippen LogP contribution in [-0.4, -0.2) is 59.4 Å². The molecule has 1 saturated heterocycles. The van der Waals surface area contributed by atoms with E-state index in [0.717, 1.165) is 16.7 Å². The predicted octanol–water partition coefficient (Wildman–Crippen LogP) is 3.51. The Hall–Kier alpha value is -2.75. The van der Waals surface area contributed by atoms with Crippen molar-refractivity contribution in [2.24, 2.45) is 0 Å². The summed E-state index contributed by atoms with van der Waals surface area (Å²) in [6.45, 7) is -0.150. The molecule has 0 saturated carbocycles. The van der Waals surface area contributed by atoms with Gasteiger partial charge in [0.1, 0.15) is 0 Å². The van der Waals surface area contributed by atoms with E-state index in [1.165, 1.54) is 30.4 Å². The summed E-state index contributed by atoms with van der Waals surface area (Å²) in [5, 5.41) is 2.97. The molecule has 11 heteroatoms. The molecule has 1 aromatic carbocycles. The highest BCUT2D eigenvalue weighted by Gasteiger charge is 2.34. The highest BCUT2D eigenvalue weighted by molar-refractivity contribution is 8.18. The van der Waals surface area contributed by atoms with Gasteiger partial charge in [-0.15, -0.1) is 0 Å². The highest BCUT2D eigenvalue weighted by atomic mass is 35.5. The first-order valence-electron chi connectivity index (χ1n) is 9.02. The van der Waals surface area contributed by atoms with Crippen LogP contribution in [0.25, 0.3) is 6.08 Å². The van der Waals surface area contributed by atoms with Crippen LogP contribution < -0.4 is 5.32 Å². The Bertz CT molecular complexity index is 1060. The minimum Gasteiger partial charge on any atom is -0.459 e. The van der Waals surface area contributed by atoms with Crippen LogP contribution >= 0.6 is 35.0 Å². The fraction of sp³-hybridized carbons (Fsp3) is 0.200. The number of hydrogen-bond acceptors (Lipinski definition) is 6. The van der Waals surface area contributed by atoms with E-state index in [9.17, 15) is 19.2 Å². The van der Waals surface area contributed by atoms with Gasteiger partial charge in [-0.05, 0) is 47.7 Å². The molecule has 2 heterocycles. The first kappa shape index (κ1) is 22.9. The summed E-state index contributed by atoms with van der Waals surface area (Å²) < 4.78 is 5.01. The standard InChI is InChI=1S/C20H17Cl2N3O5S/c1-24(18(27)15-3-2-8-30-15)11-17(26)23-6-7-25-19(28)16(31-20(25)29)9-12-4-5-13(21)10-14(12)22/h2-5,8-10H,6-7,11H2,1H3,(H,23,26)/b16-9-. The molecule has 2 aromatic rings. The fourth-order valence-electron chi connectivity index (χ4n) is 2.69. The Labute approximate surface area is 192 Å². The summed E-state index contributed by atoms with van der Waals surface area (Å²) in [4.78, 5) is 51.3. The van der Waals surface area contributed by atoms with Crippen LogP contribution in [-0.2, 0) is 9.59 Å². The monoisotopic (exact) mass is 481 g/mol.